The van der Waals surface area contributed by atoms with E-state index in [1.165, 1.54) is 30.1 Å². The molecule has 0 unspecified atom stereocenters. The Balaban J connectivity index is 1.62. The topological polar surface area (TPSA) is 111 Å². The lowest BCUT2D eigenvalue weighted by molar-refractivity contribution is 0.0589. The molecule has 0 saturated carbocycles. The zero-order chi connectivity index (χ0) is 21.4. The fraction of sp³-hybridized carbons (Fsp3) is 0.0952. The molecule has 0 bridgehead atoms. The third-order valence-electron chi connectivity index (χ3n) is 4.73. The predicted molar refractivity (Wildman–Crippen MR) is 107 cm³/mol. The van der Waals surface area contributed by atoms with Crippen LogP contribution >= 0.6 is 0 Å². The Labute approximate surface area is 170 Å². The van der Waals surface area contributed by atoms with Crippen molar-refractivity contribution in [1.82, 2.24) is 9.78 Å². The van der Waals surface area contributed by atoms with E-state index in [9.17, 15) is 19.2 Å². The molecule has 0 atom stereocenters. The van der Waals surface area contributed by atoms with Gasteiger partial charge in [0.15, 0.2) is 5.69 Å². The van der Waals surface area contributed by atoms with E-state index >= 15 is 0 Å². The summed E-state index contributed by atoms with van der Waals surface area (Å²) >= 11 is 0. The second kappa shape index (κ2) is 7.28. The van der Waals surface area contributed by atoms with Gasteiger partial charge in [-0.3, -0.25) is 19.1 Å². The van der Waals surface area contributed by atoms with Crippen LogP contribution in [0, 0.1) is 0 Å². The molecule has 3 aromatic rings. The van der Waals surface area contributed by atoms with Crippen LogP contribution in [0.5, 0.6) is 0 Å². The monoisotopic (exact) mass is 404 g/mol. The zero-order valence-corrected chi connectivity index (χ0v) is 16.1. The van der Waals surface area contributed by atoms with Crippen LogP contribution in [0.15, 0.2) is 54.7 Å². The molecule has 1 aliphatic rings. The second-order valence-corrected chi connectivity index (χ2v) is 6.52. The van der Waals surface area contributed by atoms with Gasteiger partial charge in [-0.1, -0.05) is 18.2 Å². The molecule has 3 amide bonds. The van der Waals surface area contributed by atoms with E-state index in [2.05, 4.69) is 10.4 Å². The SMILES string of the molecule is COC(=O)c1c(NC(=O)c2cccc(N3C(=O)c4ccccc4C3=O)c2)cnn1C. The molecule has 9 heteroatoms. The van der Waals surface area contributed by atoms with E-state index in [0.29, 0.717) is 11.1 Å². The Bertz CT molecular complexity index is 1180. The van der Waals surface area contributed by atoms with Crippen LogP contribution in [0.2, 0.25) is 0 Å². The molecule has 2 aromatic carbocycles. The minimum atomic E-state index is -0.648. The number of hydrogen-bond donors (Lipinski definition) is 1. The molecule has 1 N–H and O–H groups in total. The van der Waals surface area contributed by atoms with Crippen molar-refractivity contribution in [2.45, 2.75) is 0 Å². The Hall–Kier alpha value is -4.27. The molecule has 30 heavy (non-hydrogen) atoms. The highest BCUT2D eigenvalue weighted by Crippen LogP contribution is 2.29. The summed E-state index contributed by atoms with van der Waals surface area (Å²) in [7, 11) is 2.78. The highest BCUT2D eigenvalue weighted by molar-refractivity contribution is 6.34. The minimum Gasteiger partial charge on any atom is -0.464 e. The summed E-state index contributed by atoms with van der Waals surface area (Å²) in [5.41, 5.74) is 1.37. The fourth-order valence-electron chi connectivity index (χ4n) is 3.27. The number of rotatable bonds is 4. The van der Waals surface area contributed by atoms with Gasteiger partial charge in [0.25, 0.3) is 17.7 Å². The first kappa shape index (κ1) is 19.1. The standard InChI is InChI=1S/C21H16N4O5/c1-24-17(21(29)30-2)16(11-22-24)23-18(26)12-6-5-7-13(10-12)25-19(27)14-8-3-4-9-15(14)20(25)28/h3-11H,1-2H3,(H,23,26). The van der Waals surface area contributed by atoms with Gasteiger partial charge in [0.1, 0.15) is 0 Å². The van der Waals surface area contributed by atoms with Crippen molar-refractivity contribution in [1.29, 1.82) is 0 Å². The third kappa shape index (κ3) is 3.02. The number of nitrogens with one attached hydrogen (secondary N) is 1. The van der Waals surface area contributed by atoms with Gasteiger partial charge < -0.3 is 10.1 Å². The number of anilines is 2. The van der Waals surface area contributed by atoms with E-state index in [-0.39, 0.29) is 22.6 Å². The molecule has 0 fully saturated rings. The van der Waals surface area contributed by atoms with Crippen molar-refractivity contribution in [3.63, 3.8) is 0 Å². The predicted octanol–water partition coefficient (Wildman–Crippen LogP) is 2.26. The summed E-state index contributed by atoms with van der Waals surface area (Å²) in [6, 6.07) is 12.6. The summed E-state index contributed by atoms with van der Waals surface area (Å²) in [4.78, 5) is 51.1. The van der Waals surface area contributed by atoms with Gasteiger partial charge in [0.05, 0.1) is 35.8 Å². The zero-order valence-electron chi connectivity index (χ0n) is 16.1. The highest BCUT2D eigenvalue weighted by atomic mass is 16.5. The summed E-state index contributed by atoms with van der Waals surface area (Å²) in [5, 5.41) is 6.57. The van der Waals surface area contributed by atoms with Crippen LogP contribution in [-0.2, 0) is 11.8 Å². The van der Waals surface area contributed by atoms with Crippen LogP contribution in [0.25, 0.3) is 0 Å². The lowest BCUT2D eigenvalue weighted by atomic mass is 10.1. The number of hydrogen-bond acceptors (Lipinski definition) is 6. The maximum Gasteiger partial charge on any atom is 0.358 e. The average Bonchev–Trinajstić information content (AvgIpc) is 3.24. The third-order valence-corrected chi connectivity index (χ3v) is 4.73. The van der Waals surface area contributed by atoms with E-state index in [4.69, 9.17) is 4.74 Å². The fourth-order valence-corrected chi connectivity index (χ4v) is 3.27. The minimum absolute atomic E-state index is 0.0855. The van der Waals surface area contributed by atoms with Gasteiger partial charge in [-0.15, -0.1) is 0 Å². The average molecular weight is 404 g/mol. The number of aryl methyl sites for hydroxylation is 1. The number of methoxy groups -OCH3 is 1. The first-order valence-electron chi connectivity index (χ1n) is 8.92. The molecular weight excluding hydrogens is 388 g/mol. The molecule has 0 aliphatic carbocycles. The Kier molecular flexibility index (Phi) is 4.63. The Morgan fingerprint density at radius 3 is 2.30 bits per heavy atom. The lowest BCUT2D eigenvalue weighted by Crippen LogP contribution is -2.29. The van der Waals surface area contributed by atoms with E-state index in [1.807, 2.05) is 0 Å². The largest absolute Gasteiger partial charge is 0.464 e. The second-order valence-electron chi connectivity index (χ2n) is 6.52. The van der Waals surface area contributed by atoms with Crippen molar-refractivity contribution < 1.29 is 23.9 Å². The summed E-state index contributed by atoms with van der Waals surface area (Å²) in [6.45, 7) is 0. The molecule has 9 nitrogen and oxygen atoms in total. The number of benzene rings is 2. The number of carbonyl (C=O) groups is 4. The molecular formula is C21H16N4O5. The van der Waals surface area contributed by atoms with E-state index in [1.54, 1.807) is 43.4 Å². The molecule has 0 spiro atoms. The van der Waals surface area contributed by atoms with Crippen molar-refractivity contribution in [3.8, 4) is 0 Å². The molecule has 0 saturated heterocycles. The van der Waals surface area contributed by atoms with Crippen LogP contribution in [0.4, 0.5) is 11.4 Å². The van der Waals surface area contributed by atoms with Crippen LogP contribution in [0.3, 0.4) is 0 Å². The number of imide groups is 1. The van der Waals surface area contributed by atoms with Gasteiger partial charge in [-0.2, -0.15) is 5.10 Å². The quantitative estimate of drug-likeness (QED) is 0.528. The first-order valence-corrected chi connectivity index (χ1v) is 8.92. The first-order chi connectivity index (χ1) is 14.4. The van der Waals surface area contributed by atoms with Crippen molar-refractivity contribution >= 4 is 35.1 Å². The van der Waals surface area contributed by atoms with E-state index < -0.39 is 23.7 Å². The molecule has 0 radical (unpaired) electrons. The van der Waals surface area contributed by atoms with Crippen LogP contribution in [0.1, 0.15) is 41.6 Å². The Morgan fingerprint density at radius 1 is 1.00 bits per heavy atom. The number of amides is 3. The van der Waals surface area contributed by atoms with Gasteiger partial charge in [-0.25, -0.2) is 9.69 Å². The Morgan fingerprint density at radius 2 is 1.67 bits per heavy atom. The smallest absolute Gasteiger partial charge is 0.358 e. The number of nitrogens with zero attached hydrogens (tertiary/aromatic N) is 3. The summed E-state index contributed by atoms with van der Waals surface area (Å²) in [6.07, 6.45) is 1.33. The van der Waals surface area contributed by atoms with Gasteiger partial charge in [0, 0.05) is 12.6 Å². The summed E-state index contributed by atoms with van der Waals surface area (Å²) in [5.74, 6) is -2.08. The van der Waals surface area contributed by atoms with Gasteiger partial charge in [0.2, 0.25) is 0 Å². The van der Waals surface area contributed by atoms with Gasteiger partial charge >= 0.3 is 5.97 Å². The van der Waals surface area contributed by atoms with Crippen molar-refractivity contribution in [2.24, 2.45) is 7.05 Å². The van der Waals surface area contributed by atoms with E-state index in [0.717, 1.165) is 4.90 Å². The highest BCUT2D eigenvalue weighted by Gasteiger charge is 2.36. The molecule has 2 heterocycles. The van der Waals surface area contributed by atoms with Crippen molar-refractivity contribution in [3.05, 3.63) is 77.1 Å². The number of aromatic nitrogens is 2. The number of esters is 1. The number of fused-ring (bicyclic) bond motifs is 1. The molecule has 1 aliphatic heterocycles. The number of ether oxygens (including phenoxy) is 1. The molecule has 150 valence electrons. The maximum absolute atomic E-state index is 12.7. The number of carbonyl (C=O) groups excluding carboxylic acids is 4. The van der Waals surface area contributed by atoms with Crippen LogP contribution in [-0.4, -0.2) is 40.6 Å². The van der Waals surface area contributed by atoms with Gasteiger partial charge in [-0.05, 0) is 30.3 Å². The lowest BCUT2D eigenvalue weighted by Gasteiger charge is -2.15. The summed E-state index contributed by atoms with van der Waals surface area (Å²) < 4.78 is 6.00. The van der Waals surface area contributed by atoms with Crippen molar-refractivity contribution in [2.75, 3.05) is 17.3 Å². The van der Waals surface area contributed by atoms with Crippen LogP contribution < -0.4 is 10.2 Å². The maximum atomic E-state index is 12.7. The molecule has 4 rings (SSSR count). The normalized spacial score (nSPS) is 12.7. The molecule has 1 aromatic heterocycles.